The molecule has 1 unspecified atom stereocenters. The molecule has 0 radical (unpaired) electrons. The zero-order valence-corrected chi connectivity index (χ0v) is 26.0. The number of anilines is 1. The number of hydrogen-bond donors (Lipinski definition) is 2. The lowest BCUT2D eigenvalue weighted by Gasteiger charge is -2.23. The third kappa shape index (κ3) is 5.60. The molecule has 0 amide bonds. The van der Waals surface area contributed by atoms with Gasteiger partial charge in [-0.3, -0.25) is 10.4 Å². The molecule has 4 heteroatoms. The van der Waals surface area contributed by atoms with E-state index in [1.165, 1.54) is 49.4 Å². The number of pyridine rings is 1. The second kappa shape index (κ2) is 12.5. The Hall–Kier alpha value is -5.84. The van der Waals surface area contributed by atoms with Gasteiger partial charge in [-0.25, -0.2) is 0 Å². The molecule has 0 saturated carbocycles. The van der Waals surface area contributed by atoms with Crippen LogP contribution in [0.4, 0.5) is 5.69 Å². The third-order valence-electron chi connectivity index (χ3n) is 9.16. The van der Waals surface area contributed by atoms with Crippen LogP contribution in [-0.4, -0.2) is 16.7 Å². The number of aromatic nitrogens is 1. The van der Waals surface area contributed by atoms with E-state index in [1.807, 2.05) is 30.5 Å². The second-order valence-corrected chi connectivity index (χ2v) is 12.0. The zero-order valence-electron chi connectivity index (χ0n) is 26.0. The van der Waals surface area contributed by atoms with Gasteiger partial charge in [0.05, 0.1) is 17.4 Å². The van der Waals surface area contributed by atoms with E-state index < -0.39 is 0 Å². The first-order chi connectivity index (χ1) is 23.2. The molecule has 2 aliphatic rings. The summed E-state index contributed by atoms with van der Waals surface area (Å²) in [6.45, 7) is 0. The summed E-state index contributed by atoms with van der Waals surface area (Å²) in [5.74, 6) is 0. The van der Waals surface area contributed by atoms with Gasteiger partial charge in [-0.2, -0.15) is 5.10 Å². The second-order valence-electron chi connectivity index (χ2n) is 12.0. The predicted molar refractivity (Wildman–Crippen MR) is 198 cm³/mol. The van der Waals surface area contributed by atoms with Crippen molar-refractivity contribution in [2.24, 2.45) is 10.8 Å². The van der Waals surface area contributed by atoms with Crippen molar-refractivity contribution in [2.45, 2.75) is 18.9 Å². The smallest absolute Gasteiger partial charge is 0.0819 e. The first-order valence-corrected chi connectivity index (χ1v) is 16.1. The van der Waals surface area contributed by atoms with Gasteiger partial charge in [-0.15, -0.1) is 0 Å². The van der Waals surface area contributed by atoms with Crippen LogP contribution in [0.15, 0.2) is 174 Å². The van der Waals surface area contributed by atoms with Gasteiger partial charge in [0.1, 0.15) is 0 Å². The number of allylic oxidation sites excluding steroid dienone is 6. The maximum Gasteiger partial charge on any atom is 0.0819 e. The number of fused-ring (bicyclic) bond motifs is 2. The average Bonchev–Trinajstić information content (AvgIpc) is 3.14. The fourth-order valence-electron chi connectivity index (χ4n) is 6.79. The van der Waals surface area contributed by atoms with Crippen molar-refractivity contribution in [2.75, 3.05) is 5.43 Å². The Bertz CT molecular complexity index is 2200. The van der Waals surface area contributed by atoms with Gasteiger partial charge in [0.15, 0.2) is 0 Å². The number of hydrazone groups is 1. The van der Waals surface area contributed by atoms with Crippen molar-refractivity contribution in [3.63, 3.8) is 0 Å². The molecule has 0 bridgehead atoms. The average molecular weight is 607 g/mol. The minimum Gasteiger partial charge on any atom is -0.319 e. The maximum absolute atomic E-state index is 6.45. The van der Waals surface area contributed by atoms with Crippen molar-refractivity contribution < 1.29 is 0 Å². The standard InChI is InChI=1S/C43H34N4/c44-40-25-22-33(27-41(40)47-46-35-23-20-30(21-24-35)34-11-8-26-45-28-34)29-16-18-32(19-17-29)43-38-14-6-4-12-36(38)42(31-9-2-1-3-10-31)37-13-5-7-15-39(37)43/h1-16,18,20-28,40,46H,17,19,44H2/b47-41-. The van der Waals surface area contributed by atoms with Crippen molar-refractivity contribution in [1.82, 2.24) is 4.98 Å². The van der Waals surface area contributed by atoms with E-state index in [2.05, 4.69) is 132 Å². The van der Waals surface area contributed by atoms with Crippen LogP contribution >= 0.6 is 0 Å². The molecule has 0 spiro atoms. The molecule has 4 nitrogen and oxygen atoms in total. The molecular weight excluding hydrogens is 573 g/mol. The van der Waals surface area contributed by atoms with E-state index in [1.54, 1.807) is 6.20 Å². The SMILES string of the molecule is NC1C=CC(C2=CC=C(c3c4ccccc4c(-c4ccccc4)c4ccccc34)CC2)=C/C1=N/Nc1ccc(-c2cccnc2)cc1. The van der Waals surface area contributed by atoms with Gasteiger partial charge in [0.2, 0.25) is 0 Å². The van der Waals surface area contributed by atoms with Crippen LogP contribution in [0, 0.1) is 0 Å². The summed E-state index contributed by atoms with van der Waals surface area (Å²) in [7, 11) is 0. The first kappa shape index (κ1) is 28.6. The highest BCUT2D eigenvalue weighted by Gasteiger charge is 2.21. The number of benzene rings is 5. The molecule has 5 aromatic carbocycles. The summed E-state index contributed by atoms with van der Waals surface area (Å²) in [6, 6.07) is 40.4. The number of nitrogens with one attached hydrogen (secondary N) is 1. The summed E-state index contributed by atoms with van der Waals surface area (Å²) < 4.78 is 0. The van der Waals surface area contributed by atoms with Gasteiger partial charge in [-0.05, 0) is 103 Å². The summed E-state index contributed by atoms with van der Waals surface area (Å²) in [6.07, 6.45) is 16.4. The number of hydrogen-bond acceptors (Lipinski definition) is 4. The molecule has 0 fully saturated rings. The van der Waals surface area contributed by atoms with Crippen molar-refractivity contribution in [3.05, 3.63) is 175 Å². The monoisotopic (exact) mass is 606 g/mol. The maximum atomic E-state index is 6.45. The van der Waals surface area contributed by atoms with Crippen molar-refractivity contribution in [1.29, 1.82) is 0 Å². The lowest BCUT2D eigenvalue weighted by atomic mass is 9.82. The van der Waals surface area contributed by atoms with E-state index in [0.29, 0.717) is 0 Å². The van der Waals surface area contributed by atoms with Crippen LogP contribution in [-0.2, 0) is 0 Å². The molecule has 6 aromatic rings. The third-order valence-corrected chi connectivity index (χ3v) is 9.16. The highest BCUT2D eigenvalue weighted by Crippen LogP contribution is 2.44. The molecule has 1 atom stereocenters. The normalized spacial score (nSPS) is 17.0. The summed E-state index contributed by atoms with van der Waals surface area (Å²) in [4.78, 5) is 4.22. The van der Waals surface area contributed by atoms with Crippen molar-refractivity contribution >= 4 is 38.5 Å². The number of nitrogens with zero attached hydrogens (tertiary/aromatic N) is 2. The Kier molecular flexibility index (Phi) is 7.62. The van der Waals surface area contributed by atoms with Gasteiger partial charge in [0, 0.05) is 12.4 Å². The molecular formula is C43H34N4. The van der Waals surface area contributed by atoms with Crippen LogP contribution in [0.1, 0.15) is 18.4 Å². The lowest BCUT2D eigenvalue weighted by Crippen LogP contribution is -2.30. The minimum atomic E-state index is -0.267. The first-order valence-electron chi connectivity index (χ1n) is 16.1. The Morgan fingerprint density at radius 1 is 0.617 bits per heavy atom. The van der Waals surface area contributed by atoms with Crippen LogP contribution in [0.5, 0.6) is 0 Å². The fraction of sp³-hybridized carbons (Fsp3) is 0.0698. The van der Waals surface area contributed by atoms with Gasteiger partial charge in [-0.1, -0.05) is 121 Å². The molecule has 47 heavy (non-hydrogen) atoms. The molecule has 3 N–H and O–H groups in total. The molecule has 0 saturated heterocycles. The van der Waals surface area contributed by atoms with Crippen LogP contribution in [0.3, 0.4) is 0 Å². The largest absolute Gasteiger partial charge is 0.319 e. The van der Waals surface area contributed by atoms with Gasteiger partial charge in [0.25, 0.3) is 0 Å². The summed E-state index contributed by atoms with van der Waals surface area (Å²) in [5.41, 5.74) is 21.3. The Morgan fingerprint density at radius 3 is 1.87 bits per heavy atom. The topological polar surface area (TPSA) is 63.3 Å². The Balaban J connectivity index is 1.11. The lowest BCUT2D eigenvalue weighted by molar-refractivity contribution is 0.987. The minimum absolute atomic E-state index is 0.267. The molecule has 2 aliphatic carbocycles. The zero-order chi connectivity index (χ0) is 31.6. The quantitative estimate of drug-likeness (QED) is 0.146. The Morgan fingerprint density at radius 2 is 1.23 bits per heavy atom. The molecule has 1 aromatic heterocycles. The van der Waals surface area contributed by atoms with Gasteiger partial charge >= 0.3 is 0 Å². The van der Waals surface area contributed by atoms with E-state index in [0.717, 1.165) is 40.9 Å². The molecule has 1 heterocycles. The number of nitrogens with two attached hydrogens (primary N) is 1. The summed E-state index contributed by atoms with van der Waals surface area (Å²) >= 11 is 0. The van der Waals surface area contributed by atoms with Crippen molar-refractivity contribution in [3.8, 4) is 22.3 Å². The number of rotatable bonds is 6. The van der Waals surface area contributed by atoms with E-state index in [-0.39, 0.29) is 6.04 Å². The van der Waals surface area contributed by atoms with Crippen LogP contribution in [0.25, 0.3) is 49.4 Å². The van der Waals surface area contributed by atoms with Crippen LogP contribution in [0.2, 0.25) is 0 Å². The highest BCUT2D eigenvalue weighted by atomic mass is 15.3. The molecule has 0 aliphatic heterocycles. The summed E-state index contributed by atoms with van der Waals surface area (Å²) in [5, 5.41) is 9.87. The van der Waals surface area contributed by atoms with Gasteiger partial charge < -0.3 is 5.73 Å². The molecule has 8 rings (SSSR count). The molecule has 226 valence electrons. The van der Waals surface area contributed by atoms with E-state index in [9.17, 15) is 0 Å². The van der Waals surface area contributed by atoms with E-state index >= 15 is 0 Å². The predicted octanol–water partition coefficient (Wildman–Crippen LogP) is 10.1. The van der Waals surface area contributed by atoms with E-state index in [4.69, 9.17) is 10.8 Å². The fourth-order valence-corrected chi connectivity index (χ4v) is 6.79. The van der Waals surface area contributed by atoms with Crippen LogP contribution < -0.4 is 11.2 Å². The Labute approximate surface area is 275 Å². The highest BCUT2D eigenvalue weighted by molar-refractivity contribution is 6.18.